The van der Waals surface area contributed by atoms with Gasteiger partial charge in [-0.15, -0.1) is 0 Å². The molecule has 1 spiro atoms. The molecule has 0 aromatic heterocycles. The van der Waals surface area contributed by atoms with Gasteiger partial charge in [-0.1, -0.05) is 18.2 Å². The zero-order chi connectivity index (χ0) is 23.3. The fourth-order valence-corrected chi connectivity index (χ4v) is 6.23. The lowest BCUT2D eigenvalue weighted by Gasteiger charge is -2.49. The molecule has 182 valence electrons. The van der Waals surface area contributed by atoms with E-state index in [1.807, 2.05) is 19.9 Å². The van der Waals surface area contributed by atoms with Gasteiger partial charge in [0.25, 0.3) is 5.91 Å². The quantitative estimate of drug-likeness (QED) is 0.662. The van der Waals surface area contributed by atoms with E-state index < -0.39 is 11.3 Å². The normalized spacial score (nSPS) is 26.9. The standard InChI is InChI=1S/C27H39FN2O3/c1-25(2,32)13-16-33-23-6-4-3-5-22(23)20-8-14-29(15-9-20)21-7-10-26(17-21)18-30(19-26)24(31)27(28)11-12-27/h3-6,20-21,32H,7-19H2,1-2H3. The molecular weight excluding hydrogens is 419 g/mol. The Labute approximate surface area is 197 Å². The van der Waals surface area contributed by atoms with Gasteiger partial charge in [0.1, 0.15) is 5.75 Å². The van der Waals surface area contributed by atoms with Crippen LogP contribution in [0.15, 0.2) is 24.3 Å². The number of amides is 1. The molecule has 2 saturated heterocycles. The topological polar surface area (TPSA) is 53.0 Å². The van der Waals surface area contributed by atoms with E-state index in [1.165, 1.54) is 18.4 Å². The Morgan fingerprint density at radius 3 is 2.52 bits per heavy atom. The zero-order valence-electron chi connectivity index (χ0n) is 20.2. The molecule has 4 fully saturated rings. The van der Waals surface area contributed by atoms with Crippen molar-refractivity contribution in [2.45, 2.75) is 88.4 Å². The summed E-state index contributed by atoms with van der Waals surface area (Å²) >= 11 is 0. The Morgan fingerprint density at radius 1 is 1.15 bits per heavy atom. The zero-order valence-corrected chi connectivity index (χ0v) is 20.2. The lowest BCUT2D eigenvalue weighted by atomic mass is 9.77. The molecule has 2 heterocycles. The van der Waals surface area contributed by atoms with Crippen LogP contribution in [0.4, 0.5) is 4.39 Å². The number of halogens is 1. The molecule has 0 radical (unpaired) electrons. The average molecular weight is 459 g/mol. The lowest BCUT2D eigenvalue weighted by molar-refractivity contribution is -0.150. The Balaban J connectivity index is 1.11. The van der Waals surface area contributed by atoms with Crippen LogP contribution >= 0.6 is 0 Å². The molecular formula is C27H39FN2O3. The lowest BCUT2D eigenvalue weighted by Crippen LogP contribution is -2.60. The van der Waals surface area contributed by atoms with Gasteiger partial charge in [0.2, 0.25) is 0 Å². The molecule has 1 aromatic rings. The monoisotopic (exact) mass is 458 g/mol. The smallest absolute Gasteiger partial charge is 0.260 e. The van der Waals surface area contributed by atoms with Crippen LogP contribution in [-0.2, 0) is 4.79 Å². The van der Waals surface area contributed by atoms with Crippen LogP contribution in [-0.4, -0.2) is 70.9 Å². The number of para-hydroxylation sites is 1. The number of carbonyl (C=O) groups is 1. The summed E-state index contributed by atoms with van der Waals surface area (Å²) in [5.74, 6) is 1.22. The van der Waals surface area contributed by atoms with Gasteiger partial charge in [-0.3, -0.25) is 4.79 Å². The van der Waals surface area contributed by atoms with E-state index >= 15 is 0 Å². The van der Waals surface area contributed by atoms with Crippen molar-refractivity contribution in [3.8, 4) is 5.75 Å². The summed E-state index contributed by atoms with van der Waals surface area (Å²) in [6, 6.07) is 8.97. The fraction of sp³-hybridized carbons (Fsp3) is 0.741. The van der Waals surface area contributed by atoms with Crippen LogP contribution in [0.3, 0.4) is 0 Å². The van der Waals surface area contributed by atoms with Crippen LogP contribution in [0.2, 0.25) is 0 Å². The van der Waals surface area contributed by atoms with Gasteiger partial charge >= 0.3 is 0 Å². The van der Waals surface area contributed by atoms with Crippen molar-refractivity contribution in [2.24, 2.45) is 5.41 Å². The number of ether oxygens (including phenoxy) is 1. The molecule has 5 nitrogen and oxygen atoms in total. The third-order valence-corrected chi connectivity index (χ3v) is 8.46. The van der Waals surface area contributed by atoms with E-state index in [4.69, 9.17) is 4.74 Å². The third-order valence-electron chi connectivity index (χ3n) is 8.46. The average Bonchev–Trinajstić information content (AvgIpc) is 3.35. The maximum Gasteiger partial charge on any atom is 0.260 e. The van der Waals surface area contributed by atoms with Crippen LogP contribution in [0, 0.1) is 5.41 Å². The second-order valence-corrected chi connectivity index (χ2v) is 11.8. The number of piperidine rings is 1. The summed E-state index contributed by atoms with van der Waals surface area (Å²) in [4.78, 5) is 16.7. The van der Waals surface area contributed by atoms with Gasteiger partial charge in [-0.25, -0.2) is 4.39 Å². The molecule has 2 saturated carbocycles. The fourth-order valence-electron chi connectivity index (χ4n) is 6.23. The largest absolute Gasteiger partial charge is 0.493 e. The minimum atomic E-state index is -1.52. The van der Waals surface area contributed by atoms with Crippen LogP contribution in [0.25, 0.3) is 0 Å². The first kappa shape index (κ1) is 23.1. The Morgan fingerprint density at radius 2 is 1.85 bits per heavy atom. The van der Waals surface area contributed by atoms with Gasteiger partial charge in [-0.2, -0.15) is 0 Å². The first-order valence-corrected chi connectivity index (χ1v) is 12.8. The number of alkyl halides is 1. The molecule has 6 heteroatoms. The Bertz CT molecular complexity index is 864. The predicted octanol–water partition coefficient (Wildman–Crippen LogP) is 4.29. The summed E-state index contributed by atoms with van der Waals surface area (Å²) < 4.78 is 20.2. The van der Waals surface area contributed by atoms with Crippen molar-refractivity contribution in [1.29, 1.82) is 0 Å². The molecule has 5 rings (SSSR count). The predicted molar refractivity (Wildman–Crippen MR) is 126 cm³/mol. The molecule has 4 aliphatic rings. The van der Waals surface area contributed by atoms with Crippen molar-refractivity contribution in [1.82, 2.24) is 9.80 Å². The van der Waals surface area contributed by atoms with Gasteiger partial charge < -0.3 is 19.6 Å². The summed E-state index contributed by atoms with van der Waals surface area (Å²) in [7, 11) is 0. The molecule has 2 aliphatic heterocycles. The molecule has 1 unspecified atom stereocenters. The van der Waals surface area contributed by atoms with Gasteiger partial charge in [0.15, 0.2) is 5.67 Å². The van der Waals surface area contributed by atoms with Gasteiger partial charge in [0, 0.05) is 31.0 Å². The van der Waals surface area contributed by atoms with Crippen molar-refractivity contribution in [3.05, 3.63) is 29.8 Å². The maximum absolute atomic E-state index is 14.1. The molecule has 33 heavy (non-hydrogen) atoms. The van der Waals surface area contributed by atoms with E-state index in [-0.39, 0.29) is 11.3 Å². The van der Waals surface area contributed by atoms with Crippen molar-refractivity contribution in [2.75, 3.05) is 32.8 Å². The first-order valence-electron chi connectivity index (χ1n) is 12.8. The third kappa shape index (κ3) is 4.93. The highest BCUT2D eigenvalue weighted by atomic mass is 19.1. The number of likely N-dealkylation sites (tertiary alicyclic amines) is 2. The first-order chi connectivity index (χ1) is 15.7. The Hall–Kier alpha value is -1.66. The number of hydrogen-bond acceptors (Lipinski definition) is 4. The van der Waals surface area contributed by atoms with E-state index in [0.717, 1.165) is 51.2 Å². The summed E-state index contributed by atoms with van der Waals surface area (Å²) in [6.07, 6.45) is 7.22. The minimum absolute atomic E-state index is 0.239. The number of hydrogen-bond donors (Lipinski definition) is 1. The molecule has 2 aliphatic carbocycles. The van der Waals surface area contributed by atoms with Crippen molar-refractivity contribution in [3.63, 3.8) is 0 Å². The molecule has 1 N–H and O–H groups in total. The maximum atomic E-state index is 14.1. The van der Waals surface area contributed by atoms with Crippen molar-refractivity contribution < 1.29 is 19.0 Å². The van der Waals surface area contributed by atoms with Gasteiger partial charge in [-0.05, 0) is 89.4 Å². The number of benzene rings is 1. The highest BCUT2D eigenvalue weighted by Gasteiger charge is 2.58. The minimum Gasteiger partial charge on any atom is -0.493 e. The van der Waals surface area contributed by atoms with E-state index in [1.54, 1.807) is 4.90 Å². The highest BCUT2D eigenvalue weighted by molar-refractivity contribution is 5.88. The van der Waals surface area contributed by atoms with Crippen LogP contribution < -0.4 is 4.74 Å². The SMILES string of the molecule is CC(C)(O)CCOc1ccccc1C1CCN(C2CCC3(C2)CN(C(=O)C2(F)CC2)C3)CC1. The summed E-state index contributed by atoms with van der Waals surface area (Å²) in [6.45, 7) is 7.87. The molecule has 1 amide bonds. The second kappa shape index (κ2) is 8.53. The molecule has 1 atom stereocenters. The van der Waals surface area contributed by atoms with E-state index in [2.05, 4.69) is 23.1 Å². The molecule has 0 bridgehead atoms. The summed E-state index contributed by atoms with van der Waals surface area (Å²) in [5.41, 5.74) is -0.697. The van der Waals surface area contributed by atoms with Crippen molar-refractivity contribution >= 4 is 5.91 Å². The molecule has 1 aromatic carbocycles. The number of rotatable bonds is 7. The van der Waals surface area contributed by atoms with E-state index in [0.29, 0.717) is 37.8 Å². The van der Waals surface area contributed by atoms with Crippen LogP contribution in [0.1, 0.15) is 76.7 Å². The number of carbonyl (C=O) groups excluding carboxylic acids is 1. The number of nitrogens with zero attached hydrogens (tertiary/aromatic N) is 2. The Kier molecular flexibility index (Phi) is 5.97. The van der Waals surface area contributed by atoms with Gasteiger partial charge in [0.05, 0.1) is 12.2 Å². The second-order valence-electron chi connectivity index (χ2n) is 11.8. The highest BCUT2D eigenvalue weighted by Crippen LogP contribution is 2.51. The number of aliphatic hydroxyl groups is 1. The van der Waals surface area contributed by atoms with E-state index in [9.17, 15) is 14.3 Å². The summed E-state index contributed by atoms with van der Waals surface area (Å²) in [5, 5.41) is 9.96. The van der Waals surface area contributed by atoms with Crippen LogP contribution in [0.5, 0.6) is 5.75 Å².